The number of nitrogens with zero attached hydrogens (tertiary/aromatic N) is 2. The van der Waals surface area contributed by atoms with Gasteiger partial charge in [-0.25, -0.2) is 0 Å². The number of aromatic nitrogens is 1. The summed E-state index contributed by atoms with van der Waals surface area (Å²) in [5.41, 5.74) is 4.46. The van der Waals surface area contributed by atoms with E-state index in [0.29, 0.717) is 35.7 Å². The van der Waals surface area contributed by atoms with Crippen LogP contribution in [0.5, 0.6) is 5.75 Å². The van der Waals surface area contributed by atoms with E-state index in [1.165, 1.54) is 0 Å². The second-order valence-electron chi connectivity index (χ2n) is 15.9. The number of H-pyrrole nitrogens is 1. The van der Waals surface area contributed by atoms with Gasteiger partial charge >= 0.3 is 0 Å². The molecule has 0 saturated carbocycles. The maximum Gasteiger partial charge on any atom is 0.264 e. The fourth-order valence-corrected chi connectivity index (χ4v) is 11.9. The van der Waals surface area contributed by atoms with Gasteiger partial charge in [0.2, 0.25) is 20.2 Å². The van der Waals surface area contributed by atoms with Gasteiger partial charge in [-0.3, -0.25) is 14.4 Å². The molecule has 3 aliphatic rings. The number of ether oxygens (including phenoxy) is 2. The molecule has 56 heavy (non-hydrogen) atoms. The number of amides is 3. The average molecular weight is 775 g/mol. The third-order valence-electron chi connectivity index (χ3n) is 12.0. The number of fused-ring (bicyclic) bond motifs is 4. The standard InChI is InChI=1S/C44H47FN4O6Si/c1-27-42(56(3,4)45)39(22-41(52)48-25-30-10-6-5-9-29(30)19-33(48)26-50)55-44(27)36-21-34(54-2)17-18-38(36)49(43(44)53)24-28-13-15-32(16-14-28)47-40(51)20-31-23-46-37-12-8-7-11-35(31)37/h5-18,21,23,27,33,39,42,46,50H,19-20,22,24-26H2,1-4H3,(H,47,51)/t27-,33-,39+,42-,44+/m0/s1. The van der Waals surface area contributed by atoms with Crippen molar-refractivity contribution in [2.75, 3.05) is 23.9 Å². The Morgan fingerprint density at radius 1 is 1.04 bits per heavy atom. The predicted molar refractivity (Wildman–Crippen MR) is 216 cm³/mol. The SMILES string of the molecule is COc1ccc2c(c1)[C@@]1(O[C@H](CC(=O)N3Cc4ccccc4C[C@H]3CO)[C@@H]([Si](C)(C)F)[C@@H]1C)C(=O)N2Cc1ccc(NC(=O)Cc2c[nH]c3ccccc23)cc1. The van der Waals surface area contributed by atoms with Crippen LogP contribution in [0, 0.1) is 5.92 Å². The maximum atomic E-state index is 16.6. The molecule has 1 spiro atoms. The number of aromatic amines is 1. The van der Waals surface area contributed by atoms with Crippen molar-refractivity contribution in [2.45, 2.75) is 75.7 Å². The molecule has 0 unspecified atom stereocenters. The number of anilines is 2. The van der Waals surface area contributed by atoms with Gasteiger partial charge in [0, 0.05) is 46.4 Å². The molecule has 3 aliphatic heterocycles. The van der Waals surface area contributed by atoms with E-state index in [2.05, 4.69) is 10.3 Å². The Morgan fingerprint density at radius 3 is 2.50 bits per heavy atom. The molecule has 0 radical (unpaired) electrons. The van der Waals surface area contributed by atoms with Crippen LogP contribution < -0.4 is 15.0 Å². The normalized spacial score (nSPS) is 23.1. The minimum absolute atomic E-state index is 0.115. The van der Waals surface area contributed by atoms with Crippen LogP contribution in [0.15, 0.2) is 97.2 Å². The number of aliphatic hydroxyl groups is 1. The van der Waals surface area contributed by atoms with Crippen molar-refractivity contribution in [2.24, 2.45) is 5.92 Å². The predicted octanol–water partition coefficient (Wildman–Crippen LogP) is 7.02. The van der Waals surface area contributed by atoms with Crippen LogP contribution in [0.2, 0.25) is 18.6 Å². The Balaban J connectivity index is 1.04. The highest BCUT2D eigenvalue weighted by Crippen LogP contribution is 2.61. The Morgan fingerprint density at radius 2 is 1.77 bits per heavy atom. The number of halogens is 1. The van der Waals surface area contributed by atoms with Gasteiger partial charge in [-0.15, -0.1) is 0 Å². The first-order valence-electron chi connectivity index (χ1n) is 19.2. The molecule has 3 N–H and O–H groups in total. The van der Waals surface area contributed by atoms with E-state index in [-0.39, 0.29) is 43.7 Å². The molecule has 4 heterocycles. The summed E-state index contributed by atoms with van der Waals surface area (Å²) in [5, 5.41) is 14.3. The average Bonchev–Trinajstić information content (AvgIpc) is 3.81. The lowest BCUT2D eigenvalue weighted by molar-refractivity contribution is -0.151. The van der Waals surface area contributed by atoms with E-state index >= 15 is 4.11 Å². The molecule has 1 fully saturated rings. The van der Waals surface area contributed by atoms with Gasteiger partial charge < -0.3 is 38.8 Å². The molecular formula is C44H47FN4O6Si. The Hall–Kier alpha value is -5.30. The van der Waals surface area contributed by atoms with Crippen molar-refractivity contribution in [1.29, 1.82) is 0 Å². The van der Waals surface area contributed by atoms with E-state index in [9.17, 15) is 19.5 Å². The smallest absolute Gasteiger partial charge is 0.264 e. The largest absolute Gasteiger partial charge is 0.497 e. The second kappa shape index (κ2) is 14.6. The van der Waals surface area contributed by atoms with Gasteiger partial charge in [-0.1, -0.05) is 61.5 Å². The van der Waals surface area contributed by atoms with Crippen LogP contribution in [0.1, 0.15) is 41.2 Å². The summed E-state index contributed by atoms with van der Waals surface area (Å²) < 4.78 is 29.1. The summed E-state index contributed by atoms with van der Waals surface area (Å²) >= 11 is 0. The van der Waals surface area contributed by atoms with Gasteiger partial charge in [0.15, 0.2) is 5.60 Å². The summed E-state index contributed by atoms with van der Waals surface area (Å²) in [6, 6.07) is 28.1. The molecule has 5 atom stereocenters. The summed E-state index contributed by atoms with van der Waals surface area (Å²) in [5.74, 6) is -0.762. The maximum absolute atomic E-state index is 16.6. The highest BCUT2D eigenvalue weighted by Gasteiger charge is 2.67. The molecule has 8 rings (SSSR count). The van der Waals surface area contributed by atoms with Crippen LogP contribution in [-0.2, 0) is 50.7 Å². The Labute approximate surface area is 326 Å². The third-order valence-corrected chi connectivity index (χ3v) is 14.5. The monoisotopic (exact) mass is 774 g/mol. The lowest BCUT2D eigenvalue weighted by Gasteiger charge is -2.37. The molecule has 12 heteroatoms. The van der Waals surface area contributed by atoms with Gasteiger partial charge in [0.1, 0.15) is 5.75 Å². The number of hydrogen-bond acceptors (Lipinski definition) is 6. The fourth-order valence-electron chi connectivity index (χ4n) is 9.37. The first kappa shape index (κ1) is 37.6. The minimum atomic E-state index is -3.55. The fraction of sp³-hybridized carbons (Fsp3) is 0.341. The van der Waals surface area contributed by atoms with Crippen LogP contribution in [-0.4, -0.2) is 67.0 Å². The van der Waals surface area contributed by atoms with Crippen LogP contribution >= 0.6 is 0 Å². The molecule has 5 aromatic rings. The number of methoxy groups -OCH3 is 1. The van der Waals surface area contributed by atoms with E-state index in [1.807, 2.05) is 92.0 Å². The van der Waals surface area contributed by atoms with Crippen LogP contribution in [0.25, 0.3) is 10.9 Å². The lowest BCUT2D eigenvalue weighted by atomic mass is 9.82. The number of rotatable bonds is 10. The number of aliphatic hydroxyl groups excluding tert-OH is 1. The Bertz CT molecular complexity index is 2310. The van der Waals surface area contributed by atoms with Crippen molar-refractivity contribution in [1.82, 2.24) is 9.88 Å². The molecular weight excluding hydrogens is 728 g/mol. The molecule has 3 amide bonds. The number of para-hydroxylation sites is 1. The molecule has 1 saturated heterocycles. The Kier molecular flexibility index (Phi) is 9.84. The molecule has 0 bridgehead atoms. The summed E-state index contributed by atoms with van der Waals surface area (Å²) in [6.07, 6.45) is 1.62. The molecule has 290 valence electrons. The summed E-state index contributed by atoms with van der Waals surface area (Å²) in [6.45, 7) is 5.45. The van der Waals surface area contributed by atoms with Gasteiger partial charge in [-0.2, -0.15) is 0 Å². The first-order valence-corrected chi connectivity index (χ1v) is 22.1. The van der Waals surface area contributed by atoms with Gasteiger partial charge in [0.25, 0.3) is 5.91 Å². The highest BCUT2D eigenvalue weighted by molar-refractivity contribution is 6.72. The van der Waals surface area contributed by atoms with Crippen molar-refractivity contribution < 1.29 is 33.1 Å². The van der Waals surface area contributed by atoms with Crippen LogP contribution in [0.3, 0.4) is 0 Å². The van der Waals surface area contributed by atoms with E-state index in [0.717, 1.165) is 33.2 Å². The summed E-state index contributed by atoms with van der Waals surface area (Å²) in [4.78, 5) is 48.7. The minimum Gasteiger partial charge on any atom is -0.497 e. The second-order valence-corrected chi connectivity index (χ2v) is 19.7. The van der Waals surface area contributed by atoms with Crippen molar-refractivity contribution in [3.63, 3.8) is 0 Å². The number of nitrogens with one attached hydrogen (secondary N) is 2. The number of carbonyl (C=O) groups is 3. The first-order chi connectivity index (χ1) is 26.9. The quantitative estimate of drug-likeness (QED) is 0.104. The lowest BCUT2D eigenvalue weighted by Crippen LogP contribution is -2.48. The number of hydrogen-bond donors (Lipinski definition) is 3. The van der Waals surface area contributed by atoms with E-state index in [1.54, 1.807) is 42.1 Å². The van der Waals surface area contributed by atoms with Crippen molar-refractivity contribution in [3.8, 4) is 5.75 Å². The van der Waals surface area contributed by atoms with E-state index in [4.69, 9.17) is 9.47 Å². The molecule has 4 aromatic carbocycles. The van der Waals surface area contributed by atoms with E-state index < -0.39 is 37.6 Å². The summed E-state index contributed by atoms with van der Waals surface area (Å²) in [7, 11) is -2.00. The van der Waals surface area contributed by atoms with Crippen molar-refractivity contribution in [3.05, 3.63) is 125 Å². The molecule has 10 nitrogen and oxygen atoms in total. The zero-order valence-electron chi connectivity index (χ0n) is 32.1. The van der Waals surface area contributed by atoms with Crippen LogP contribution in [0.4, 0.5) is 15.5 Å². The van der Waals surface area contributed by atoms with Crippen molar-refractivity contribution >= 4 is 48.4 Å². The zero-order valence-corrected chi connectivity index (χ0v) is 33.1. The topological polar surface area (TPSA) is 124 Å². The zero-order chi connectivity index (χ0) is 39.4. The van der Waals surface area contributed by atoms with Gasteiger partial charge in [0.05, 0.1) is 50.9 Å². The molecule has 1 aromatic heterocycles. The highest BCUT2D eigenvalue weighted by atomic mass is 28.4. The number of carbonyl (C=O) groups excluding carboxylic acids is 3. The van der Waals surface area contributed by atoms with Gasteiger partial charge in [-0.05, 0) is 78.2 Å². The molecule has 0 aliphatic carbocycles. The number of benzene rings is 4. The third kappa shape index (κ3) is 6.59.